The van der Waals surface area contributed by atoms with E-state index < -0.39 is 0 Å². The molecule has 8 aromatic rings. The first-order chi connectivity index (χ1) is 26.5. The van der Waals surface area contributed by atoms with Crippen LogP contribution in [0.1, 0.15) is 41.8 Å². The third-order valence-corrected chi connectivity index (χ3v) is 11.5. The van der Waals surface area contributed by atoms with Crippen LogP contribution in [0.5, 0.6) is 0 Å². The molecule has 10 rings (SSSR count). The van der Waals surface area contributed by atoms with Crippen LogP contribution in [0.3, 0.4) is 0 Å². The lowest BCUT2D eigenvalue weighted by molar-refractivity contribution is 0.660. The van der Waals surface area contributed by atoms with Gasteiger partial charge in [0.25, 0.3) is 0 Å². The van der Waals surface area contributed by atoms with Crippen LogP contribution in [0.25, 0.3) is 50.5 Å². The number of allylic oxidation sites excluding steroid dienone is 3. The molecule has 0 unspecified atom stereocenters. The minimum absolute atomic E-state index is 0.0879. The van der Waals surface area contributed by atoms with E-state index in [2.05, 4.69) is 217 Å². The Morgan fingerprint density at radius 2 is 1.11 bits per heavy atom. The predicted molar refractivity (Wildman–Crippen MR) is 228 cm³/mol. The fourth-order valence-corrected chi connectivity index (χ4v) is 8.75. The summed E-state index contributed by atoms with van der Waals surface area (Å²) in [6.07, 6.45) is 7.85. The van der Waals surface area contributed by atoms with Gasteiger partial charge in [0, 0.05) is 51.2 Å². The van der Waals surface area contributed by atoms with Crippen LogP contribution in [0.2, 0.25) is 0 Å². The standard InChI is InChI=1S/C52H40N2/c1-52(2)48-21-11-9-19-44(48)45-33-32-43(35-49(45)52)53(41-28-24-37(25-29-41)36-14-5-3-6-15-36)42-30-26-38(27-31-42)39-16-13-23-51-47(34-39)46-20-10-12-22-50(46)54(51)40-17-7-4-8-18-40/h3-22,24-35H,23H2,1-2H3. The number of rotatable bonds is 6. The number of benzene rings is 7. The average Bonchev–Trinajstić information content (AvgIpc) is 3.53. The average molecular weight is 693 g/mol. The monoisotopic (exact) mass is 692 g/mol. The van der Waals surface area contributed by atoms with Crippen molar-refractivity contribution in [1.29, 1.82) is 0 Å². The van der Waals surface area contributed by atoms with Crippen molar-refractivity contribution in [3.63, 3.8) is 0 Å². The lowest BCUT2D eigenvalue weighted by atomic mass is 9.82. The van der Waals surface area contributed by atoms with Gasteiger partial charge >= 0.3 is 0 Å². The molecule has 2 aliphatic rings. The second-order valence-electron chi connectivity index (χ2n) is 15.0. The van der Waals surface area contributed by atoms with Gasteiger partial charge in [-0.1, -0.05) is 147 Å². The van der Waals surface area contributed by atoms with Gasteiger partial charge in [0.15, 0.2) is 0 Å². The molecule has 1 aromatic heterocycles. The Bertz CT molecular complexity index is 2730. The number of anilines is 3. The topological polar surface area (TPSA) is 8.17 Å². The molecule has 0 saturated carbocycles. The quantitative estimate of drug-likeness (QED) is 0.168. The molecule has 0 spiro atoms. The Labute approximate surface area is 317 Å². The van der Waals surface area contributed by atoms with Crippen molar-refractivity contribution in [2.45, 2.75) is 25.7 Å². The molecule has 0 N–H and O–H groups in total. The van der Waals surface area contributed by atoms with Crippen LogP contribution in [-0.4, -0.2) is 4.57 Å². The number of aromatic nitrogens is 1. The zero-order valence-corrected chi connectivity index (χ0v) is 30.6. The maximum Gasteiger partial charge on any atom is 0.0537 e. The molecule has 54 heavy (non-hydrogen) atoms. The van der Waals surface area contributed by atoms with Crippen LogP contribution >= 0.6 is 0 Å². The van der Waals surface area contributed by atoms with Crippen LogP contribution in [0.4, 0.5) is 17.1 Å². The minimum Gasteiger partial charge on any atom is -0.313 e. The number of nitrogens with zero attached hydrogens (tertiary/aromatic N) is 2. The Balaban J connectivity index is 1.07. The summed E-state index contributed by atoms with van der Waals surface area (Å²) < 4.78 is 2.43. The van der Waals surface area contributed by atoms with Crippen molar-refractivity contribution in [3.8, 4) is 27.9 Å². The fraction of sp³-hybridized carbons (Fsp3) is 0.0769. The van der Waals surface area contributed by atoms with E-state index in [-0.39, 0.29) is 5.41 Å². The number of fused-ring (bicyclic) bond motifs is 6. The predicted octanol–water partition coefficient (Wildman–Crippen LogP) is 13.7. The van der Waals surface area contributed by atoms with E-state index in [1.54, 1.807) is 0 Å². The third kappa shape index (κ3) is 5.25. The van der Waals surface area contributed by atoms with Crippen LogP contribution < -0.4 is 4.90 Å². The second kappa shape index (κ2) is 12.8. The zero-order valence-electron chi connectivity index (χ0n) is 30.6. The molecule has 2 aliphatic carbocycles. The number of para-hydroxylation sites is 2. The van der Waals surface area contributed by atoms with E-state index >= 15 is 0 Å². The highest BCUT2D eigenvalue weighted by Crippen LogP contribution is 2.50. The summed E-state index contributed by atoms with van der Waals surface area (Å²) in [4.78, 5) is 2.40. The lowest BCUT2D eigenvalue weighted by Crippen LogP contribution is -2.16. The maximum atomic E-state index is 2.43. The van der Waals surface area contributed by atoms with E-state index in [1.165, 1.54) is 72.4 Å². The fourth-order valence-electron chi connectivity index (χ4n) is 8.75. The van der Waals surface area contributed by atoms with Crippen LogP contribution in [-0.2, 0) is 11.8 Å². The van der Waals surface area contributed by atoms with Gasteiger partial charge in [0.1, 0.15) is 0 Å². The molecule has 0 bridgehead atoms. The van der Waals surface area contributed by atoms with Crippen LogP contribution in [0, 0.1) is 0 Å². The molecule has 0 radical (unpaired) electrons. The molecule has 0 amide bonds. The molecule has 1 heterocycles. The van der Waals surface area contributed by atoms with Crippen molar-refractivity contribution in [3.05, 3.63) is 216 Å². The summed E-state index contributed by atoms with van der Waals surface area (Å²) in [7, 11) is 0. The van der Waals surface area contributed by atoms with Gasteiger partial charge in [-0.25, -0.2) is 0 Å². The van der Waals surface area contributed by atoms with E-state index in [9.17, 15) is 0 Å². The molecular formula is C52H40N2. The molecule has 2 nitrogen and oxygen atoms in total. The van der Waals surface area contributed by atoms with Gasteiger partial charge in [0.2, 0.25) is 0 Å². The molecule has 0 atom stereocenters. The zero-order chi connectivity index (χ0) is 36.2. The number of hydrogen-bond acceptors (Lipinski definition) is 1. The minimum atomic E-state index is -0.0879. The first kappa shape index (κ1) is 32.0. The van der Waals surface area contributed by atoms with Crippen molar-refractivity contribution >= 4 is 39.6 Å². The van der Waals surface area contributed by atoms with Crippen molar-refractivity contribution in [2.24, 2.45) is 0 Å². The lowest BCUT2D eigenvalue weighted by Gasteiger charge is -2.28. The van der Waals surface area contributed by atoms with Gasteiger partial charge in [-0.15, -0.1) is 0 Å². The summed E-state index contributed by atoms with van der Waals surface area (Å²) >= 11 is 0. The highest BCUT2D eigenvalue weighted by molar-refractivity contribution is 6.00. The SMILES string of the molecule is CC1(C)c2ccccc2-c2ccc(N(c3ccc(C4=Cc5c(n(-c6ccccc6)c6ccccc56)CC=C4)cc3)c3ccc(-c4ccccc4)cc3)cc21. The molecular weight excluding hydrogens is 653 g/mol. The van der Waals surface area contributed by atoms with Crippen molar-refractivity contribution in [2.75, 3.05) is 4.90 Å². The molecule has 258 valence electrons. The second-order valence-corrected chi connectivity index (χ2v) is 15.0. The van der Waals surface area contributed by atoms with Crippen molar-refractivity contribution in [1.82, 2.24) is 4.57 Å². The summed E-state index contributed by atoms with van der Waals surface area (Å²) in [5.74, 6) is 0. The van der Waals surface area contributed by atoms with Gasteiger partial charge in [-0.3, -0.25) is 0 Å². The Morgan fingerprint density at radius 1 is 0.519 bits per heavy atom. The van der Waals surface area contributed by atoms with E-state index in [1.807, 2.05) is 0 Å². The molecule has 7 aromatic carbocycles. The summed E-state index contributed by atoms with van der Waals surface area (Å²) in [6.45, 7) is 4.71. The van der Waals surface area contributed by atoms with Gasteiger partial charge in [0.05, 0.1) is 5.52 Å². The largest absolute Gasteiger partial charge is 0.313 e. The normalized spacial score (nSPS) is 13.9. The highest BCUT2D eigenvalue weighted by Gasteiger charge is 2.35. The smallest absolute Gasteiger partial charge is 0.0537 e. The van der Waals surface area contributed by atoms with Crippen LogP contribution in [0.15, 0.2) is 188 Å². The molecule has 0 aliphatic heterocycles. The molecule has 0 saturated heterocycles. The van der Waals surface area contributed by atoms with E-state index in [4.69, 9.17) is 0 Å². The Morgan fingerprint density at radius 3 is 1.87 bits per heavy atom. The summed E-state index contributed by atoms with van der Waals surface area (Å²) in [5.41, 5.74) is 18.6. The first-order valence-corrected chi connectivity index (χ1v) is 18.9. The Kier molecular flexibility index (Phi) is 7.59. The van der Waals surface area contributed by atoms with E-state index in [0.29, 0.717) is 0 Å². The van der Waals surface area contributed by atoms with Gasteiger partial charge in [-0.2, -0.15) is 0 Å². The third-order valence-electron chi connectivity index (χ3n) is 11.5. The summed E-state index contributed by atoms with van der Waals surface area (Å²) in [5, 5.41) is 1.28. The summed E-state index contributed by atoms with van der Waals surface area (Å²) in [6, 6.07) is 64.1. The van der Waals surface area contributed by atoms with Gasteiger partial charge in [-0.05, 0) is 105 Å². The maximum absolute atomic E-state index is 2.43. The van der Waals surface area contributed by atoms with Crippen molar-refractivity contribution < 1.29 is 0 Å². The Hall–Kier alpha value is -6.64. The number of hydrogen-bond donors (Lipinski definition) is 0. The molecule has 2 heteroatoms. The first-order valence-electron chi connectivity index (χ1n) is 18.9. The highest BCUT2D eigenvalue weighted by atomic mass is 15.1. The molecule has 0 fully saturated rings. The van der Waals surface area contributed by atoms with Gasteiger partial charge < -0.3 is 9.47 Å². The van der Waals surface area contributed by atoms with E-state index in [0.717, 1.165) is 23.5 Å².